The highest BCUT2D eigenvalue weighted by atomic mass is 16.5. The first-order chi connectivity index (χ1) is 9.66. The number of carbonyl (C=O) groups is 1. The van der Waals surface area contributed by atoms with Crippen LogP contribution in [0.15, 0.2) is 48.8 Å². The predicted molar refractivity (Wildman–Crippen MR) is 77.0 cm³/mol. The van der Waals surface area contributed by atoms with Crippen LogP contribution in [0.2, 0.25) is 0 Å². The lowest BCUT2D eigenvalue weighted by Gasteiger charge is -2.15. The van der Waals surface area contributed by atoms with E-state index in [4.69, 9.17) is 10.5 Å². The van der Waals surface area contributed by atoms with Crippen LogP contribution in [-0.4, -0.2) is 17.0 Å². The summed E-state index contributed by atoms with van der Waals surface area (Å²) < 4.78 is 5.55. The zero-order chi connectivity index (χ0) is 14.4. The number of para-hydroxylation sites is 2. The van der Waals surface area contributed by atoms with E-state index in [2.05, 4.69) is 10.3 Å². The first-order valence-electron chi connectivity index (χ1n) is 6.34. The van der Waals surface area contributed by atoms with Crippen LogP contribution in [0.3, 0.4) is 0 Å². The molecular formula is C15H17N3O2. The summed E-state index contributed by atoms with van der Waals surface area (Å²) >= 11 is 0. The first kappa shape index (κ1) is 13.9. The lowest BCUT2D eigenvalue weighted by molar-refractivity contribution is -0.127. The average molecular weight is 271 g/mol. The summed E-state index contributed by atoms with van der Waals surface area (Å²) in [4.78, 5) is 15.9. The summed E-state index contributed by atoms with van der Waals surface area (Å²) in [6, 6.07) is 10.8. The van der Waals surface area contributed by atoms with E-state index < -0.39 is 6.10 Å². The second-order valence-electron chi connectivity index (χ2n) is 4.37. The molecule has 1 heterocycles. The Labute approximate surface area is 117 Å². The molecule has 2 aromatic rings. The summed E-state index contributed by atoms with van der Waals surface area (Å²) in [6.45, 7) is 2.13. The fourth-order valence-corrected chi connectivity index (χ4v) is 1.67. The third kappa shape index (κ3) is 3.71. The molecule has 0 spiro atoms. The molecule has 1 unspecified atom stereocenters. The molecule has 1 atom stereocenters. The van der Waals surface area contributed by atoms with Crippen molar-refractivity contribution in [2.45, 2.75) is 19.6 Å². The van der Waals surface area contributed by atoms with Crippen molar-refractivity contribution in [3.63, 3.8) is 0 Å². The van der Waals surface area contributed by atoms with E-state index in [0.717, 1.165) is 5.56 Å². The van der Waals surface area contributed by atoms with Crippen molar-refractivity contribution in [2.24, 2.45) is 0 Å². The molecular weight excluding hydrogens is 254 g/mol. The standard InChI is InChI=1S/C15H17N3O2/c1-11(20-14-5-3-2-4-13(14)16)15(19)18-10-12-6-8-17-9-7-12/h2-9,11H,10,16H2,1H3,(H,18,19). The molecule has 5 heteroatoms. The van der Waals surface area contributed by atoms with Gasteiger partial charge in [-0.15, -0.1) is 0 Å². The van der Waals surface area contributed by atoms with Crippen LogP contribution >= 0.6 is 0 Å². The number of carbonyl (C=O) groups excluding carboxylic acids is 1. The molecule has 0 saturated carbocycles. The van der Waals surface area contributed by atoms with Gasteiger partial charge in [-0.1, -0.05) is 12.1 Å². The van der Waals surface area contributed by atoms with E-state index in [-0.39, 0.29) is 5.91 Å². The maximum Gasteiger partial charge on any atom is 0.261 e. The van der Waals surface area contributed by atoms with Crippen LogP contribution in [0.25, 0.3) is 0 Å². The second-order valence-corrected chi connectivity index (χ2v) is 4.37. The molecule has 0 aliphatic rings. The molecule has 104 valence electrons. The summed E-state index contributed by atoms with van der Waals surface area (Å²) in [5.41, 5.74) is 7.27. The summed E-state index contributed by atoms with van der Waals surface area (Å²) in [5.74, 6) is 0.323. The second kappa shape index (κ2) is 6.56. The van der Waals surface area contributed by atoms with Crippen molar-refractivity contribution >= 4 is 11.6 Å². The van der Waals surface area contributed by atoms with Crippen molar-refractivity contribution in [3.05, 3.63) is 54.4 Å². The summed E-state index contributed by atoms with van der Waals surface area (Å²) in [5, 5.41) is 2.81. The van der Waals surface area contributed by atoms with Crippen molar-refractivity contribution in [2.75, 3.05) is 5.73 Å². The zero-order valence-electron chi connectivity index (χ0n) is 11.2. The van der Waals surface area contributed by atoms with Crippen LogP contribution in [-0.2, 0) is 11.3 Å². The molecule has 20 heavy (non-hydrogen) atoms. The van der Waals surface area contributed by atoms with Crippen LogP contribution in [0.5, 0.6) is 5.75 Å². The minimum Gasteiger partial charge on any atom is -0.479 e. The van der Waals surface area contributed by atoms with Crippen molar-refractivity contribution < 1.29 is 9.53 Å². The SMILES string of the molecule is CC(Oc1ccccc1N)C(=O)NCc1ccncc1. The Morgan fingerprint density at radius 3 is 2.70 bits per heavy atom. The largest absolute Gasteiger partial charge is 0.479 e. The topological polar surface area (TPSA) is 77.2 Å². The maximum absolute atomic E-state index is 11.9. The van der Waals surface area contributed by atoms with Crippen LogP contribution in [0.4, 0.5) is 5.69 Å². The highest BCUT2D eigenvalue weighted by Gasteiger charge is 2.15. The van der Waals surface area contributed by atoms with Gasteiger partial charge in [-0.05, 0) is 36.8 Å². The molecule has 0 bridgehead atoms. The average Bonchev–Trinajstić information content (AvgIpc) is 2.48. The summed E-state index contributed by atoms with van der Waals surface area (Å²) in [6.07, 6.45) is 2.76. The Bertz CT molecular complexity index is 572. The smallest absolute Gasteiger partial charge is 0.261 e. The number of nitrogens with one attached hydrogen (secondary N) is 1. The minimum atomic E-state index is -0.610. The number of aromatic nitrogens is 1. The quantitative estimate of drug-likeness (QED) is 0.812. The Morgan fingerprint density at radius 1 is 1.30 bits per heavy atom. The molecule has 0 aliphatic heterocycles. The third-order valence-electron chi connectivity index (χ3n) is 2.81. The zero-order valence-corrected chi connectivity index (χ0v) is 11.2. The molecule has 0 radical (unpaired) electrons. The number of nitrogens with two attached hydrogens (primary N) is 1. The van der Waals surface area contributed by atoms with Gasteiger partial charge in [0.2, 0.25) is 0 Å². The van der Waals surface area contributed by atoms with Gasteiger partial charge in [0.25, 0.3) is 5.91 Å². The van der Waals surface area contributed by atoms with Gasteiger partial charge < -0.3 is 15.8 Å². The van der Waals surface area contributed by atoms with Crippen molar-refractivity contribution in [1.82, 2.24) is 10.3 Å². The number of nitrogens with zero attached hydrogens (tertiary/aromatic N) is 1. The molecule has 1 amide bonds. The molecule has 2 rings (SSSR count). The van der Waals surface area contributed by atoms with Gasteiger partial charge in [-0.25, -0.2) is 0 Å². The fraction of sp³-hybridized carbons (Fsp3) is 0.200. The number of amides is 1. The van der Waals surface area contributed by atoms with E-state index in [1.54, 1.807) is 31.5 Å². The molecule has 0 saturated heterocycles. The van der Waals surface area contributed by atoms with Gasteiger partial charge in [0.1, 0.15) is 5.75 Å². The first-order valence-corrected chi connectivity index (χ1v) is 6.34. The van der Waals surface area contributed by atoms with Gasteiger partial charge in [0.05, 0.1) is 5.69 Å². The Kier molecular flexibility index (Phi) is 4.55. The number of hydrogen-bond donors (Lipinski definition) is 2. The fourth-order valence-electron chi connectivity index (χ4n) is 1.67. The number of ether oxygens (including phenoxy) is 1. The Morgan fingerprint density at radius 2 is 2.00 bits per heavy atom. The van der Waals surface area contributed by atoms with Crippen LogP contribution < -0.4 is 15.8 Å². The van der Waals surface area contributed by atoms with Gasteiger partial charge in [-0.2, -0.15) is 0 Å². The van der Waals surface area contributed by atoms with Crippen LogP contribution in [0, 0.1) is 0 Å². The van der Waals surface area contributed by atoms with Gasteiger partial charge >= 0.3 is 0 Å². The van der Waals surface area contributed by atoms with Crippen molar-refractivity contribution in [1.29, 1.82) is 0 Å². The number of benzene rings is 1. The number of pyridine rings is 1. The van der Waals surface area contributed by atoms with Gasteiger partial charge in [0.15, 0.2) is 6.10 Å². The molecule has 5 nitrogen and oxygen atoms in total. The van der Waals surface area contributed by atoms with E-state index in [1.807, 2.05) is 24.3 Å². The molecule has 1 aromatic carbocycles. The van der Waals surface area contributed by atoms with Crippen LogP contribution in [0.1, 0.15) is 12.5 Å². The monoisotopic (exact) mass is 271 g/mol. The number of nitrogen functional groups attached to an aromatic ring is 1. The highest BCUT2D eigenvalue weighted by Crippen LogP contribution is 2.21. The lowest BCUT2D eigenvalue weighted by Crippen LogP contribution is -2.36. The Hall–Kier alpha value is -2.56. The van der Waals surface area contributed by atoms with Gasteiger partial charge in [-0.3, -0.25) is 9.78 Å². The normalized spacial score (nSPS) is 11.7. The highest BCUT2D eigenvalue weighted by molar-refractivity contribution is 5.80. The maximum atomic E-state index is 11.9. The summed E-state index contributed by atoms with van der Waals surface area (Å²) in [7, 11) is 0. The third-order valence-corrected chi connectivity index (χ3v) is 2.81. The molecule has 3 N–H and O–H groups in total. The van der Waals surface area contributed by atoms with E-state index in [9.17, 15) is 4.79 Å². The molecule has 0 aliphatic carbocycles. The van der Waals surface area contributed by atoms with Gasteiger partial charge in [0, 0.05) is 18.9 Å². The Balaban J connectivity index is 1.88. The van der Waals surface area contributed by atoms with Crippen molar-refractivity contribution in [3.8, 4) is 5.75 Å². The number of hydrogen-bond acceptors (Lipinski definition) is 4. The van der Waals surface area contributed by atoms with E-state index in [0.29, 0.717) is 18.0 Å². The lowest BCUT2D eigenvalue weighted by atomic mass is 10.2. The minimum absolute atomic E-state index is 0.190. The number of rotatable bonds is 5. The predicted octanol–water partition coefficient (Wildman–Crippen LogP) is 1.75. The molecule has 0 fully saturated rings. The van der Waals surface area contributed by atoms with E-state index in [1.165, 1.54) is 0 Å². The molecule has 1 aromatic heterocycles. The van der Waals surface area contributed by atoms with E-state index >= 15 is 0 Å². The number of anilines is 1.